The van der Waals surface area contributed by atoms with Gasteiger partial charge >= 0.3 is 0 Å². The third kappa shape index (κ3) is 4.91. The highest BCUT2D eigenvalue weighted by atomic mass is 35.5. The van der Waals surface area contributed by atoms with E-state index in [9.17, 15) is 0 Å². The quantitative estimate of drug-likeness (QED) is 0.631. The predicted molar refractivity (Wildman–Crippen MR) is 87.1 cm³/mol. The first-order chi connectivity index (χ1) is 9.74. The average Bonchev–Trinajstić information content (AvgIpc) is 2.46. The van der Waals surface area contributed by atoms with E-state index in [1.54, 1.807) is 24.3 Å². The van der Waals surface area contributed by atoms with Crippen LogP contribution in [0.15, 0.2) is 58.7 Å². The highest BCUT2D eigenvalue weighted by Crippen LogP contribution is 2.13. The van der Waals surface area contributed by atoms with Crippen LogP contribution in [0, 0.1) is 0 Å². The standard InChI is InChI=1S/C14H12Cl2N4/c15-11-1-5-13(6-2-11)19-17-9-10-18-20-14-7-3-12(16)4-8-14/h1-10,19-20H/b17-9+,18-10+. The zero-order chi connectivity index (χ0) is 14.2. The Labute approximate surface area is 127 Å². The second-order valence-electron chi connectivity index (χ2n) is 3.79. The third-order valence-electron chi connectivity index (χ3n) is 2.29. The zero-order valence-corrected chi connectivity index (χ0v) is 11.9. The zero-order valence-electron chi connectivity index (χ0n) is 10.4. The van der Waals surface area contributed by atoms with Crippen LogP contribution in [0.1, 0.15) is 0 Å². The van der Waals surface area contributed by atoms with Gasteiger partial charge in [-0.1, -0.05) is 23.2 Å². The molecule has 6 heteroatoms. The van der Waals surface area contributed by atoms with E-state index >= 15 is 0 Å². The van der Waals surface area contributed by atoms with Crippen molar-refractivity contribution in [1.82, 2.24) is 0 Å². The van der Waals surface area contributed by atoms with Gasteiger partial charge in [-0.25, -0.2) is 0 Å². The summed E-state index contributed by atoms with van der Waals surface area (Å²) in [6.07, 6.45) is 3.08. The Morgan fingerprint density at radius 1 is 0.650 bits per heavy atom. The molecular weight excluding hydrogens is 295 g/mol. The average molecular weight is 307 g/mol. The largest absolute Gasteiger partial charge is 0.278 e. The van der Waals surface area contributed by atoms with Crippen molar-refractivity contribution >= 4 is 47.0 Å². The monoisotopic (exact) mass is 306 g/mol. The summed E-state index contributed by atoms with van der Waals surface area (Å²) in [6.45, 7) is 0. The first-order valence-corrected chi connectivity index (χ1v) is 6.57. The van der Waals surface area contributed by atoms with Crippen LogP contribution in [0.5, 0.6) is 0 Å². The fraction of sp³-hybridized carbons (Fsp3) is 0. The topological polar surface area (TPSA) is 48.8 Å². The van der Waals surface area contributed by atoms with Gasteiger partial charge in [0.2, 0.25) is 0 Å². The van der Waals surface area contributed by atoms with E-state index in [0.717, 1.165) is 11.4 Å². The van der Waals surface area contributed by atoms with Crippen LogP contribution in [-0.2, 0) is 0 Å². The molecule has 0 bridgehead atoms. The highest BCUT2D eigenvalue weighted by Gasteiger charge is 1.89. The van der Waals surface area contributed by atoms with Crippen LogP contribution in [0.3, 0.4) is 0 Å². The lowest BCUT2D eigenvalue weighted by atomic mass is 10.3. The lowest BCUT2D eigenvalue weighted by Crippen LogP contribution is -1.92. The van der Waals surface area contributed by atoms with Crippen LogP contribution in [0.4, 0.5) is 11.4 Å². The van der Waals surface area contributed by atoms with Crippen molar-refractivity contribution in [2.75, 3.05) is 10.9 Å². The smallest absolute Gasteiger partial charge is 0.0673 e. The molecule has 102 valence electrons. The second-order valence-corrected chi connectivity index (χ2v) is 4.67. The number of nitrogens with one attached hydrogen (secondary N) is 2. The second kappa shape index (κ2) is 7.53. The van der Waals surface area contributed by atoms with Crippen LogP contribution in [0.2, 0.25) is 10.0 Å². The molecule has 0 aromatic heterocycles. The van der Waals surface area contributed by atoms with Gasteiger partial charge in [-0.2, -0.15) is 10.2 Å². The van der Waals surface area contributed by atoms with Crippen LogP contribution in [-0.4, -0.2) is 12.4 Å². The SMILES string of the molecule is Clc1ccc(N/N=C/C=N/Nc2ccc(Cl)cc2)cc1. The van der Waals surface area contributed by atoms with Crippen molar-refractivity contribution in [2.24, 2.45) is 10.2 Å². The minimum absolute atomic E-state index is 0.688. The fourth-order valence-corrected chi connectivity index (χ4v) is 1.59. The molecule has 0 amide bonds. The molecular formula is C14H12Cl2N4. The molecule has 0 aliphatic carbocycles. The molecule has 2 N–H and O–H groups in total. The molecule has 0 unspecified atom stereocenters. The van der Waals surface area contributed by atoms with Gasteiger partial charge in [0, 0.05) is 10.0 Å². The molecule has 0 heterocycles. The normalized spacial score (nSPS) is 11.1. The van der Waals surface area contributed by atoms with Crippen molar-refractivity contribution in [2.45, 2.75) is 0 Å². The van der Waals surface area contributed by atoms with Crippen molar-refractivity contribution < 1.29 is 0 Å². The molecule has 2 aromatic carbocycles. The Hall–Kier alpha value is -2.04. The van der Waals surface area contributed by atoms with Crippen molar-refractivity contribution in [3.63, 3.8) is 0 Å². The molecule has 2 aromatic rings. The van der Waals surface area contributed by atoms with Gasteiger partial charge < -0.3 is 0 Å². The van der Waals surface area contributed by atoms with Crippen LogP contribution >= 0.6 is 23.2 Å². The molecule has 0 aliphatic rings. The summed E-state index contributed by atoms with van der Waals surface area (Å²) < 4.78 is 0. The summed E-state index contributed by atoms with van der Waals surface area (Å²) in [6, 6.07) is 14.5. The number of anilines is 2. The Morgan fingerprint density at radius 3 is 1.35 bits per heavy atom. The number of nitrogens with zero attached hydrogens (tertiary/aromatic N) is 2. The number of hydrazone groups is 2. The maximum absolute atomic E-state index is 5.78. The maximum atomic E-state index is 5.78. The van der Waals surface area contributed by atoms with Gasteiger partial charge in [-0.3, -0.25) is 10.9 Å². The van der Waals surface area contributed by atoms with Gasteiger partial charge in [0.1, 0.15) is 0 Å². The van der Waals surface area contributed by atoms with Crippen LogP contribution in [0.25, 0.3) is 0 Å². The van der Waals surface area contributed by atoms with E-state index in [1.807, 2.05) is 24.3 Å². The molecule has 20 heavy (non-hydrogen) atoms. The van der Waals surface area contributed by atoms with Crippen LogP contribution < -0.4 is 10.9 Å². The minimum atomic E-state index is 0.688. The first-order valence-electron chi connectivity index (χ1n) is 5.82. The number of hydrogen-bond donors (Lipinski definition) is 2. The Kier molecular flexibility index (Phi) is 5.41. The van der Waals surface area contributed by atoms with Gasteiger partial charge in [0.25, 0.3) is 0 Å². The molecule has 0 saturated heterocycles. The number of rotatable bonds is 5. The number of benzene rings is 2. The van der Waals surface area contributed by atoms with E-state index in [2.05, 4.69) is 21.1 Å². The minimum Gasteiger partial charge on any atom is -0.278 e. The molecule has 0 fully saturated rings. The van der Waals surface area contributed by atoms with Gasteiger partial charge in [-0.15, -0.1) is 0 Å². The van der Waals surface area contributed by atoms with E-state index < -0.39 is 0 Å². The fourth-order valence-electron chi connectivity index (χ4n) is 1.34. The van der Waals surface area contributed by atoms with E-state index in [0.29, 0.717) is 10.0 Å². The molecule has 0 spiro atoms. The molecule has 0 radical (unpaired) electrons. The lowest BCUT2D eigenvalue weighted by Gasteiger charge is -1.99. The van der Waals surface area contributed by atoms with Gasteiger partial charge in [0.05, 0.1) is 23.8 Å². The van der Waals surface area contributed by atoms with E-state index in [-0.39, 0.29) is 0 Å². The molecule has 2 rings (SSSR count). The lowest BCUT2D eigenvalue weighted by molar-refractivity contribution is 1.34. The third-order valence-corrected chi connectivity index (χ3v) is 2.80. The van der Waals surface area contributed by atoms with Crippen molar-refractivity contribution in [1.29, 1.82) is 0 Å². The summed E-state index contributed by atoms with van der Waals surface area (Å²) in [5.41, 5.74) is 7.41. The summed E-state index contributed by atoms with van der Waals surface area (Å²) in [4.78, 5) is 0. The Bertz CT molecular complexity index is 536. The molecule has 0 saturated carbocycles. The maximum Gasteiger partial charge on any atom is 0.0673 e. The highest BCUT2D eigenvalue weighted by molar-refractivity contribution is 6.30. The van der Waals surface area contributed by atoms with Crippen molar-refractivity contribution in [3.8, 4) is 0 Å². The van der Waals surface area contributed by atoms with Crippen molar-refractivity contribution in [3.05, 3.63) is 58.6 Å². The van der Waals surface area contributed by atoms with Gasteiger partial charge in [-0.05, 0) is 48.5 Å². The Morgan fingerprint density at radius 2 is 1.00 bits per heavy atom. The molecule has 0 aliphatic heterocycles. The summed E-state index contributed by atoms with van der Waals surface area (Å²) in [5, 5.41) is 9.35. The van der Waals surface area contributed by atoms with Gasteiger partial charge in [0.15, 0.2) is 0 Å². The summed E-state index contributed by atoms with van der Waals surface area (Å²) in [7, 11) is 0. The van der Waals surface area contributed by atoms with E-state index in [1.165, 1.54) is 12.4 Å². The summed E-state index contributed by atoms with van der Waals surface area (Å²) in [5.74, 6) is 0. The first kappa shape index (κ1) is 14.4. The Balaban J connectivity index is 1.76. The molecule has 0 atom stereocenters. The molecule has 4 nitrogen and oxygen atoms in total. The summed E-state index contributed by atoms with van der Waals surface area (Å²) >= 11 is 11.6. The number of hydrogen-bond acceptors (Lipinski definition) is 4. The predicted octanol–water partition coefficient (Wildman–Crippen LogP) is 4.49. The number of halogens is 2. The van der Waals surface area contributed by atoms with E-state index in [4.69, 9.17) is 23.2 Å².